The molecule has 0 aromatic heterocycles. The van der Waals surface area contributed by atoms with Crippen LogP contribution < -0.4 is 10.6 Å². The predicted octanol–water partition coefficient (Wildman–Crippen LogP) is 3.71. The second-order valence-corrected chi connectivity index (χ2v) is 8.75. The summed E-state index contributed by atoms with van der Waals surface area (Å²) in [6.07, 6.45) is 7.59. The van der Waals surface area contributed by atoms with Gasteiger partial charge < -0.3 is 15.4 Å². The van der Waals surface area contributed by atoms with Gasteiger partial charge in [0.1, 0.15) is 5.82 Å². The minimum absolute atomic E-state index is 0.153. The summed E-state index contributed by atoms with van der Waals surface area (Å²) in [4.78, 5) is 4.94. The van der Waals surface area contributed by atoms with Gasteiger partial charge in [-0.15, -0.1) is 0 Å². The molecule has 4 nitrogen and oxygen atoms in total. The van der Waals surface area contributed by atoms with Crippen LogP contribution >= 0.6 is 11.8 Å². The number of nitrogens with zero attached hydrogens (tertiary/aromatic N) is 1. The van der Waals surface area contributed by atoms with Gasteiger partial charge in [0.2, 0.25) is 0 Å². The van der Waals surface area contributed by atoms with Crippen molar-refractivity contribution in [2.45, 2.75) is 55.7 Å². The van der Waals surface area contributed by atoms with Crippen molar-refractivity contribution in [3.05, 3.63) is 35.6 Å². The van der Waals surface area contributed by atoms with Crippen LogP contribution in [0.4, 0.5) is 4.39 Å². The normalized spacial score (nSPS) is 25.4. The Labute approximate surface area is 166 Å². The number of hydrogen-bond acceptors (Lipinski definition) is 3. The summed E-state index contributed by atoms with van der Waals surface area (Å²) >= 11 is 1.96. The molecule has 2 N–H and O–H groups in total. The first-order valence-electron chi connectivity index (χ1n) is 10.1. The standard InChI is InChI=1S/C21H32FN3OS/c1-3-23-20(25-18-7-8-19(14-18)27-2)24-15-21(9-11-26-12-10-21)16-5-4-6-17(22)13-16/h4-6,13,18-19H,3,7-12,14-15H2,1-2H3,(H2,23,24,25). The molecule has 1 aliphatic heterocycles. The van der Waals surface area contributed by atoms with E-state index in [1.807, 2.05) is 17.8 Å². The lowest BCUT2D eigenvalue weighted by molar-refractivity contribution is 0.0530. The Morgan fingerprint density at radius 1 is 1.33 bits per heavy atom. The maximum absolute atomic E-state index is 13.9. The van der Waals surface area contributed by atoms with Gasteiger partial charge in [0.25, 0.3) is 0 Å². The number of halogens is 1. The molecular formula is C21H32FN3OS. The smallest absolute Gasteiger partial charge is 0.191 e. The van der Waals surface area contributed by atoms with Crippen molar-refractivity contribution in [3.63, 3.8) is 0 Å². The molecule has 2 fully saturated rings. The molecule has 3 rings (SSSR count). The minimum atomic E-state index is -0.179. The maximum atomic E-state index is 13.9. The third-order valence-electron chi connectivity index (χ3n) is 5.83. The number of rotatable bonds is 6. The Bertz CT molecular complexity index is 634. The SMILES string of the molecule is CCNC(=NCC1(c2cccc(F)c2)CCOCC1)NC1CCC(SC)C1. The number of thioether (sulfide) groups is 1. The molecule has 1 aromatic rings. The van der Waals surface area contributed by atoms with E-state index in [0.717, 1.165) is 36.2 Å². The minimum Gasteiger partial charge on any atom is -0.381 e. The van der Waals surface area contributed by atoms with Crippen LogP contribution in [0.15, 0.2) is 29.3 Å². The lowest BCUT2D eigenvalue weighted by atomic mass is 9.74. The summed E-state index contributed by atoms with van der Waals surface area (Å²) in [5.41, 5.74) is 0.883. The van der Waals surface area contributed by atoms with Crippen molar-refractivity contribution in [2.75, 3.05) is 32.6 Å². The molecule has 2 atom stereocenters. The molecule has 0 spiro atoms. The molecule has 2 unspecified atom stereocenters. The zero-order valence-corrected chi connectivity index (χ0v) is 17.3. The molecule has 1 aliphatic carbocycles. The van der Waals surface area contributed by atoms with Gasteiger partial charge in [0.05, 0.1) is 6.54 Å². The van der Waals surface area contributed by atoms with Crippen LogP contribution in [0, 0.1) is 5.82 Å². The highest BCUT2D eigenvalue weighted by atomic mass is 32.2. The Kier molecular flexibility index (Phi) is 7.41. The first-order chi connectivity index (χ1) is 13.1. The molecule has 1 aromatic carbocycles. The lowest BCUT2D eigenvalue weighted by Gasteiger charge is -2.36. The van der Waals surface area contributed by atoms with Crippen molar-refractivity contribution in [1.82, 2.24) is 10.6 Å². The monoisotopic (exact) mass is 393 g/mol. The number of nitrogens with one attached hydrogen (secondary N) is 2. The van der Waals surface area contributed by atoms with E-state index in [1.54, 1.807) is 12.1 Å². The van der Waals surface area contributed by atoms with E-state index in [1.165, 1.54) is 25.3 Å². The first-order valence-corrected chi connectivity index (χ1v) is 11.4. The van der Waals surface area contributed by atoms with E-state index in [9.17, 15) is 4.39 Å². The van der Waals surface area contributed by atoms with Crippen molar-refractivity contribution < 1.29 is 9.13 Å². The molecule has 6 heteroatoms. The van der Waals surface area contributed by atoms with E-state index < -0.39 is 0 Å². The molecule has 1 heterocycles. The zero-order valence-electron chi connectivity index (χ0n) is 16.5. The average Bonchev–Trinajstić information content (AvgIpc) is 3.15. The third kappa shape index (κ3) is 5.38. The fourth-order valence-electron chi connectivity index (χ4n) is 4.15. The molecule has 150 valence electrons. The maximum Gasteiger partial charge on any atom is 0.191 e. The Morgan fingerprint density at radius 2 is 2.15 bits per heavy atom. The van der Waals surface area contributed by atoms with Crippen LogP contribution in [0.2, 0.25) is 0 Å². The topological polar surface area (TPSA) is 45.7 Å². The molecule has 1 saturated heterocycles. The summed E-state index contributed by atoms with van der Waals surface area (Å²) in [6.45, 7) is 4.98. The number of guanidine groups is 1. The van der Waals surface area contributed by atoms with Gasteiger partial charge in [-0.3, -0.25) is 4.99 Å². The van der Waals surface area contributed by atoms with Crippen LogP contribution in [0.3, 0.4) is 0 Å². The van der Waals surface area contributed by atoms with Gasteiger partial charge in [0.15, 0.2) is 5.96 Å². The Morgan fingerprint density at radius 3 is 2.81 bits per heavy atom. The van der Waals surface area contributed by atoms with E-state index in [2.05, 4.69) is 23.8 Å². The molecule has 2 aliphatic rings. The fraction of sp³-hybridized carbons (Fsp3) is 0.667. The van der Waals surface area contributed by atoms with E-state index in [4.69, 9.17) is 9.73 Å². The molecule has 0 bridgehead atoms. The first kappa shape index (κ1) is 20.5. The molecular weight excluding hydrogens is 361 g/mol. The average molecular weight is 394 g/mol. The summed E-state index contributed by atoms with van der Waals surface area (Å²) in [5, 5.41) is 7.76. The highest BCUT2D eigenvalue weighted by molar-refractivity contribution is 7.99. The van der Waals surface area contributed by atoms with E-state index in [-0.39, 0.29) is 11.2 Å². The van der Waals surface area contributed by atoms with Crippen molar-refractivity contribution >= 4 is 17.7 Å². The van der Waals surface area contributed by atoms with E-state index in [0.29, 0.717) is 25.8 Å². The van der Waals surface area contributed by atoms with Gasteiger partial charge in [-0.2, -0.15) is 11.8 Å². The highest BCUT2D eigenvalue weighted by Crippen LogP contribution is 2.35. The number of aliphatic imine (C=N–C) groups is 1. The van der Waals surface area contributed by atoms with Crippen molar-refractivity contribution in [2.24, 2.45) is 4.99 Å². The van der Waals surface area contributed by atoms with Crippen molar-refractivity contribution in [1.29, 1.82) is 0 Å². The van der Waals surface area contributed by atoms with E-state index >= 15 is 0 Å². The molecule has 27 heavy (non-hydrogen) atoms. The fourth-order valence-corrected chi connectivity index (χ4v) is 4.94. The lowest BCUT2D eigenvalue weighted by Crippen LogP contribution is -2.44. The quantitative estimate of drug-likeness (QED) is 0.571. The summed E-state index contributed by atoms with van der Waals surface area (Å²) in [7, 11) is 0. The van der Waals surface area contributed by atoms with Gasteiger partial charge in [0, 0.05) is 36.5 Å². The van der Waals surface area contributed by atoms with Crippen LogP contribution in [0.25, 0.3) is 0 Å². The van der Waals surface area contributed by atoms with Crippen LogP contribution in [-0.2, 0) is 10.2 Å². The van der Waals surface area contributed by atoms with Gasteiger partial charge in [-0.25, -0.2) is 4.39 Å². The largest absolute Gasteiger partial charge is 0.381 e. The molecule has 0 radical (unpaired) electrons. The second-order valence-electron chi connectivity index (χ2n) is 7.61. The predicted molar refractivity (Wildman–Crippen MR) is 112 cm³/mol. The summed E-state index contributed by atoms with van der Waals surface area (Å²) < 4.78 is 19.4. The molecule has 0 amide bonds. The van der Waals surface area contributed by atoms with Gasteiger partial charge >= 0.3 is 0 Å². The zero-order chi connectivity index (χ0) is 19.1. The third-order valence-corrected chi connectivity index (χ3v) is 6.92. The van der Waals surface area contributed by atoms with Gasteiger partial charge in [-0.1, -0.05) is 12.1 Å². The van der Waals surface area contributed by atoms with Crippen molar-refractivity contribution in [3.8, 4) is 0 Å². The number of hydrogen-bond donors (Lipinski definition) is 2. The Balaban J connectivity index is 1.74. The Hall–Kier alpha value is -1.27. The second kappa shape index (κ2) is 9.78. The highest BCUT2D eigenvalue weighted by Gasteiger charge is 2.35. The van der Waals surface area contributed by atoms with Crippen LogP contribution in [-0.4, -0.2) is 49.8 Å². The van der Waals surface area contributed by atoms with Crippen LogP contribution in [0.5, 0.6) is 0 Å². The van der Waals surface area contributed by atoms with Gasteiger partial charge in [-0.05, 0) is 63.0 Å². The summed E-state index contributed by atoms with van der Waals surface area (Å²) in [6, 6.07) is 7.50. The number of benzene rings is 1. The number of ether oxygens (including phenoxy) is 1. The van der Waals surface area contributed by atoms with Crippen LogP contribution in [0.1, 0.15) is 44.6 Å². The molecule has 1 saturated carbocycles. The summed E-state index contributed by atoms with van der Waals surface area (Å²) in [5.74, 6) is 0.702.